The summed E-state index contributed by atoms with van der Waals surface area (Å²) in [6, 6.07) is 14.1. The zero-order chi connectivity index (χ0) is 21.8. The smallest absolute Gasteiger partial charge is 0.243 e. The van der Waals surface area contributed by atoms with Gasteiger partial charge in [0.25, 0.3) is 0 Å². The highest BCUT2D eigenvalue weighted by molar-refractivity contribution is 7.99. The minimum atomic E-state index is -3.54. The van der Waals surface area contributed by atoms with Crippen molar-refractivity contribution in [1.82, 2.24) is 24.5 Å². The van der Waals surface area contributed by atoms with Crippen LogP contribution in [0.4, 0.5) is 5.69 Å². The van der Waals surface area contributed by atoms with Gasteiger partial charge in [-0.3, -0.25) is 4.79 Å². The number of rotatable bonds is 7. The first kappa shape index (κ1) is 21.5. The van der Waals surface area contributed by atoms with E-state index in [0.717, 1.165) is 24.1 Å². The number of nitrogens with zero attached hydrogens (tertiary/aromatic N) is 5. The van der Waals surface area contributed by atoms with Crippen molar-refractivity contribution in [3.63, 3.8) is 0 Å². The number of carbonyl (C=O) groups excluding carboxylic acids is 1. The van der Waals surface area contributed by atoms with E-state index < -0.39 is 10.0 Å². The SMILES string of the molecule is Cc1ccc(-n2nnnc2SCC(=O)Nc2cccc(S(=O)(=O)N3CCCC3)c2)cc1. The van der Waals surface area contributed by atoms with E-state index in [0.29, 0.717) is 23.9 Å². The third kappa shape index (κ3) is 4.94. The molecule has 3 aromatic rings. The van der Waals surface area contributed by atoms with Crippen molar-refractivity contribution >= 4 is 33.4 Å². The maximum atomic E-state index is 12.7. The number of thioether (sulfide) groups is 1. The summed E-state index contributed by atoms with van der Waals surface area (Å²) in [4.78, 5) is 12.6. The zero-order valence-corrected chi connectivity index (χ0v) is 18.6. The quantitative estimate of drug-likeness (QED) is 0.542. The lowest BCUT2D eigenvalue weighted by Gasteiger charge is -2.16. The molecule has 1 fully saturated rings. The normalized spacial score (nSPS) is 14.6. The van der Waals surface area contributed by atoms with Gasteiger partial charge < -0.3 is 5.32 Å². The van der Waals surface area contributed by atoms with Gasteiger partial charge in [0.2, 0.25) is 21.1 Å². The van der Waals surface area contributed by atoms with Crippen LogP contribution in [0.15, 0.2) is 58.6 Å². The van der Waals surface area contributed by atoms with Crippen molar-refractivity contribution in [2.45, 2.75) is 29.8 Å². The fourth-order valence-electron chi connectivity index (χ4n) is 3.26. The molecular weight excluding hydrogens is 436 g/mol. The third-order valence-electron chi connectivity index (χ3n) is 4.87. The molecular formula is C20H22N6O3S2. The van der Waals surface area contributed by atoms with E-state index in [-0.39, 0.29) is 16.6 Å². The summed E-state index contributed by atoms with van der Waals surface area (Å²) in [6.45, 7) is 3.06. The Kier molecular flexibility index (Phi) is 6.35. The number of tetrazole rings is 1. The average Bonchev–Trinajstić information content (AvgIpc) is 3.46. The van der Waals surface area contributed by atoms with Gasteiger partial charge in [0, 0.05) is 18.8 Å². The van der Waals surface area contributed by atoms with Crippen LogP contribution in [0, 0.1) is 6.92 Å². The molecule has 0 atom stereocenters. The molecule has 0 saturated carbocycles. The number of anilines is 1. The first-order valence-electron chi connectivity index (χ1n) is 9.82. The largest absolute Gasteiger partial charge is 0.325 e. The van der Waals surface area contributed by atoms with E-state index in [1.807, 2.05) is 31.2 Å². The summed E-state index contributed by atoms with van der Waals surface area (Å²) in [6.07, 6.45) is 1.74. The predicted molar refractivity (Wildman–Crippen MR) is 118 cm³/mol. The standard InChI is InChI=1S/C20H22N6O3S2/c1-15-7-9-17(10-8-15)26-20(22-23-24-26)30-14-19(27)21-16-5-4-6-18(13-16)31(28,29)25-11-2-3-12-25/h4-10,13H,2-3,11-12,14H2,1H3,(H,21,27). The number of amides is 1. The first-order chi connectivity index (χ1) is 14.9. The van der Waals surface area contributed by atoms with Gasteiger partial charge in [-0.15, -0.1) is 5.10 Å². The topological polar surface area (TPSA) is 110 Å². The van der Waals surface area contributed by atoms with Gasteiger partial charge >= 0.3 is 0 Å². The number of aromatic nitrogens is 4. The van der Waals surface area contributed by atoms with Crippen LogP contribution in [0.25, 0.3) is 5.69 Å². The van der Waals surface area contributed by atoms with Crippen molar-refractivity contribution in [2.75, 3.05) is 24.2 Å². The summed E-state index contributed by atoms with van der Waals surface area (Å²) in [5, 5.41) is 14.9. The second kappa shape index (κ2) is 9.16. The van der Waals surface area contributed by atoms with Gasteiger partial charge in [-0.1, -0.05) is 35.5 Å². The molecule has 162 valence electrons. The minimum absolute atomic E-state index is 0.0787. The Morgan fingerprint density at radius 1 is 1.13 bits per heavy atom. The molecule has 31 heavy (non-hydrogen) atoms. The number of benzene rings is 2. The molecule has 1 aromatic heterocycles. The van der Waals surface area contributed by atoms with Crippen LogP contribution in [0.1, 0.15) is 18.4 Å². The van der Waals surface area contributed by atoms with Gasteiger partial charge in [0.05, 0.1) is 16.3 Å². The molecule has 1 amide bonds. The number of carbonyl (C=O) groups is 1. The molecule has 1 N–H and O–H groups in total. The van der Waals surface area contributed by atoms with Crippen LogP contribution in [0.2, 0.25) is 0 Å². The Morgan fingerprint density at radius 2 is 1.87 bits per heavy atom. The maximum absolute atomic E-state index is 12.7. The maximum Gasteiger partial charge on any atom is 0.243 e. The molecule has 1 aliphatic rings. The van der Waals surface area contributed by atoms with E-state index in [1.54, 1.807) is 22.9 Å². The monoisotopic (exact) mass is 458 g/mol. The van der Waals surface area contributed by atoms with E-state index in [9.17, 15) is 13.2 Å². The van der Waals surface area contributed by atoms with Crippen molar-refractivity contribution in [2.24, 2.45) is 0 Å². The predicted octanol–water partition coefficient (Wildman–Crippen LogP) is 2.49. The van der Waals surface area contributed by atoms with Crippen molar-refractivity contribution in [3.8, 4) is 5.69 Å². The fourth-order valence-corrected chi connectivity index (χ4v) is 5.51. The zero-order valence-electron chi connectivity index (χ0n) is 16.9. The first-order valence-corrected chi connectivity index (χ1v) is 12.2. The van der Waals surface area contributed by atoms with Gasteiger partial charge in [-0.2, -0.15) is 8.99 Å². The van der Waals surface area contributed by atoms with Gasteiger partial charge in [0.15, 0.2) is 0 Å². The van der Waals surface area contributed by atoms with Crippen molar-refractivity contribution < 1.29 is 13.2 Å². The van der Waals surface area contributed by atoms with Crippen LogP contribution in [0.5, 0.6) is 0 Å². The fraction of sp³-hybridized carbons (Fsp3) is 0.300. The Bertz CT molecular complexity index is 1170. The van der Waals surface area contributed by atoms with Crippen LogP contribution < -0.4 is 5.32 Å². The van der Waals surface area contributed by atoms with E-state index in [2.05, 4.69) is 20.8 Å². The van der Waals surface area contributed by atoms with Gasteiger partial charge in [0.1, 0.15) is 0 Å². The Hall–Kier alpha value is -2.76. The summed E-state index contributed by atoms with van der Waals surface area (Å²) >= 11 is 1.20. The highest BCUT2D eigenvalue weighted by Crippen LogP contribution is 2.24. The molecule has 0 aliphatic carbocycles. The summed E-state index contributed by atoms with van der Waals surface area (Å²) in [5.41, 5.74) is 2.36. The Labute approximate surface area is 184 Å². The molecule has 11 heteroatoms. The molecule has 1 aliphatic heterocycles. The summed E-state index contributed by atoms with van der Waals surface area (Å²) < 4.78 is 28.5. The summed E-state index contributed by atoms with van der Waals surface area (Å²) in [7, 11) is -3.54. The molecule has 2 aromatic carbocycles. The highest BCUT2D eigenvalue weighted by Gasteiger charge is 2.27. The third-order valence-corrected chi connectivity index (χ3v) is 7.69. The molecule has 1 saturated heterocycles. The molecule has 4 rings (SSSR count). The Balaban J connectivity index is 1.40. The number of aryl methyl sites for hydroxylation is 1. The number of sulfonamides is 1. The minimum Gasteiger partial charge on any atom is -0.325 e. The van der Waals surface area contributed by atoms with E-state index in [1.165, 1.54) is 22.1 Å². The molecule has 2 heterocycles. The molecule has 0 spiro atoms. The number of hydrogen-bond donors (Lipinski definition) is 1. The van der Waals surface area contributed by atoms with Crippen LogP contribution in [-0.2, 0) is 14.8 Å². The van der Waals surface area contributed by atoms with Crippen molar-refractivity contribution in [1.29, 1.82) is 0 Å². The highest BCUT2D eigenvalue weighted by atomic mass is 32.2. The second-order valence-electron chi connectivity index (χ2n) is 7.18. The second-order valence-corrected chi connectivity index (χ2v) is 10.1. The van der Waals surface area contributed by atoms with Crippen LogP contribution in [-0.4, -0.2) is 57.7 Å². The molecule has 0 bridgehead atoms. The van der Waals surface area contributed by atoms with Crippen LogP contribution in [0.3, 0.4) is 0 Å². The Morgan fingerprint density at radius 3 is 2.61 bits per heavy atom. The average molecular weight is 459 g/mol. The lowest BCUT2D eigenvalue weighted by atomic mass is 10.2. The number of hydrogen-bond acceptors (Lipinski definition) is 7. The molecule has 0 radical (unpaired) electrons. The van der Waals surface area contributed by atoms with E-state index in [4.69, 9.17) is 0 Å². The number of nitrogens with one attached hydrogen (secondary N) is 1. The molecule has 0 unspecified atom stereocenters. The summed E-state index contributed by atoms with van der Waals surface area (Å²) in [5.74, 6) is -0.200. The van der Waals surface area contributed by atoms with E-state index >= 15 is 0 Å². The lowest BCUT2D eigenvalue weighted by molar-refractivity contribution is -0.113. The molecule has 9 nitrogen and oxygen atoms in total. The van der Waals surface area contributed by atoms with Crippen molar-refractivity contribution in [3.05, 3.63) is 54.1 Å². The van der Waals surface area contributed by atoms with Gasteiger partial charge in [-0.25, -0.2) is 8.42 Å². The van der Waals surface area contributed by atoms with Gasteiger partial charge in [-0.05, 0) is 60.5 Å². The van der Waals surface area contributed by atoms with Crippen LogP contribution >= 0.6 is 11.8 Å². The lowest BCUT2D eigenvalue weighted by Crippen LogP contribution is -2.28.